The molecule has 374 valence electrons. The van der Waals surface area contributed by atoms with Gasteiger partial charge in [0.1, 0.15) is 19.3 Å². The van der Waals surface area contributed by atoms with Crippen LogP contribution in [0.3, 0.4) is 0 Å². The number of aliphatic carboxylic acids is 2. The summed E-state index contributed by atoms with van der Waals surface area (Å²) in [7, 11) is 0. The molecule has 0 radical (unpaired) electrons. The van der Waals surface area contributed by atoms with Gasteiger partial charge in [0, 0.05) is 30.5 Å². The Bertz CT molecular complexity index is 1410. The van der Waals surface area contributed by atoms with Gasteiger partial charge >= 0.3 is 23.9 Å². The van der Waals surface area contributed by atoms with Gasteiger partial charge in [-0.1, -0.05) is 168 Å². The van der Waals surface area contributed by atoms with Crippen LogP contribution in [-0.4, -0.2) is 83.9 Å². The summed E-state index contributed by atoms with van der Waals surface area (Å²) in [5.41, 5.74) is 4.36. The fraction of sp³-hybridized carbons (Fsp3) is 0.760. The number of hydrogen-bond acceptors (Lipinski definition) is 9. The second-order valence-corrected chi connectivity index (χ2v) is 17.4. The van der Waals surface area contributed by atoms with Gasteiger partial charge < -0.3 is 53.2 Å². The Kier molecular flexibility index (Phi) is 39.3. The molecule has 1 aromatic carbocycles. The van der Waals surface area contributed by atoms with Crippen LogP contribution in [0.15, 0.2) is 24.3 Å². The van der Waals surface area contributed by atoms with E-state index in [4.69, 9.17) is 19.3 Å². The molecule has 0 saturated heterocycles. The minimum atomic E-state index is -1.37. The average Bonchev–Trinajstić information content (AvgIpc) is 3.27. The number of ether oxygens (including phenoxy) is 3. The van der Waals surface area contributed by atoms with Crippen molar-refractivity contribution in [3.63, 3.8) is 0 Å². The average molecular weight is 941 g/mol. The Labute approximate surface area is 396 Å². The van der Waals surface area contributed by atoms with Crippen molar-refractivity contribution in [1.82, 2.24) is 5.32 Å². The lowest BCUT2D eigenvalue weighted by Crippen LogP contribution is -3.00. The van der Waals surface area contributed by atoms with Crippen LogP contribution in [0.4, 0.5) is 5.69 Å². The maximum atomic E-state index is 12.9. The highest BCUT2D eigenvalue weighted by Gasteiger charge is 2.24. The fourth-order valence-electron chi connectivity index (χ4n) is 7.33. The predicted octanol–water partition coefficient (Wildman–Crippen LogP) is 6.72. The van der Waals surface area contributed by atoms with Crippen molar-refractivity contribution in [2.45, 2.75) is 225 Å². The molecule has 7 N–H and O–H groups in total. The first-order chi connectivity index (χ1) is 31.0. The number of carboxylic acids is 2. The van der Waals surface area contributed by atoms with Crippen LogP contribution in [0.1, 0.15) is 217 Å². The van der Waals surface area contributed by atoms with Gasteiger partial charge in [0.2, 0.25) is 0 Å². The third-order valence-electron chi connectivity index (χ3n) is 11.4. The Morgan fingerprint density at radius 2 is 1.00 bits per heavy atom. The van der Waals surface area contributed by atoms with E-state index in [0.717, 1.165) is 38.5 Å². The molecule has 0 saturated carbocycles. The van der Waals surface area contributed by atoms with Crippen molar-refractivity contribution in [3.8, 4) is 0 Å². The van der Waals surface area contributed by atoms with E-state index in [9.17, 15) is 33.9 Å². The maximum Gasteiger partial charge on any atom is 0.326 e. The van der Waals surface area contributed by atoms with Gasteiger partial charge in [0.05, 0.1) is 6.61 Å². The molecule has 1 rings (SSSR count). The van der Waals surface area contributed by atoms with Crippen LogP contribution < -0.4 is 28.8 Å². The quantitative estimate of drug-likeness (QED) is 0.0342. The highest BCUT2D eigenvalue weighted by atomic mass is 35.5. The smallest absolute Gasteiger partial charge is 0.326 e. The van der Waals surface area contributed by atoms with Crippen LogP contribution in [0.5, 0.6) is 0 Å². The van der Waals surface area contributed by atoms with E-state index in [0.29, 0.717) is 18.5 Å². The number of carboxylic acid groups (broad SMARTS) is 2. The molecule has 0 bridgehead atoms. The van der Waals surface area contributed by atoms with E-state index in [1.165, 1.54) is 146 Å². The molecule has 3 atom stereocenters. The fourth-order valence-corrected chi connectivity index (χ4v) is 7.33. The van der Waals surface area contributed by atoms with Gasteiger partial charge in [-0.3, -0.25) is 24.0 Å². The number of unbranched alkanes of at least 4 members (excludes halogenated alkanes) is 24. The minimum absolute atomic E-state index is 0. The van der Waals surface area contributed by atoms with E-state index in [2.05, 4.69) is 30.2 Å². The van der Waals surface area contributed by atoms with Crippen molar-refractivity contribution in [2.75, 3.05) is 25.1 Å². The summed E-state index contributed by atoms with van der Waals surface area (Å²) in [6, 6.07) is 3.48. The molecule has 0 spiro atoms. The summed E-state index contributed by atoms with van der Waals surface area (Å²) in [5.74, 6) is -4.44. The molecule has 0 fully saturated rings. The predicted molar refractivity (Wildman–Crippen MR) is 250 cm³/mol. The zero-order chi connectivity index (χ0) is 47.0. The first-order valence-corrected chi connectivity index (χ1v) is 24.9. The molecule has 0 aromatic heterocycles. The normalized spacial score (nSPS) is 12.4. The van der Waals surface area contributed by atoms with Crippen molar-refractivity contribution in [3.05, 3.63) is 29.8 Å². The van der Waals surface area contributed by atoms with Gasteiger partial charge in [-0.15, -0.1) is 0 Å². The van der Waals surface area contributed by atoms with Crippen molar-refractivity contribution in [1.29, 1.82) is 0 Å². The topological polar surface area (TPSA) is 222 Å². The number of hydrogen-bond donors (Lipinski definition) is 5. The monoisotopic (exact) mass is 940 g/mol. The lowest BCUT2D eigenvalue weighted by Gasteiger charge is -2.19. The highest BCUT2D eigenvalue weighted by molar-refractivity contribution is 5.98. The zero-order valence-corrected chi connectivity index (χ0v) is 40.8. The summed E-state index contributed by atoms with van der Waals surface area (Å²) < 4.78 is 17.0. The number of halogens is 1. The van der Waals surface area contributed by atoms with E-state index in [1.807, 2.05) is 0 Å². The van der Waals surface area contributed by atoms with Crippen LogP contribution in [0.25, 0.3) is 0 Å². The molecule has 1 aromatic rings. The third kappa shape index (κ3) is 35.2. The number of benzene rings is 1. The summed E-state index contributed by atoms with van der Waals surface area (Å²) in [5, 5.41) is 23.2. The molecular weight excluding hydrogens is 854 g/mol. The number of nitrogens with one attached hydrogen (secondary N) is 2. The molecule has 14 nitrogen and oxygen atoms in total. The molecule has 0 heterocycles. The Morgan fingerprint density at radius 1 is 0.569 bits per heavy atom. The van der Waals surface area contributed by atoms with Gasteiger partial charge in [-0.2, -0.15) is 0 Å². The first kappa shape index (κ1) is 61.2. The minimum Gasteiger partial charge on any atom is -1.00 e. The first-order valence-electron chi connectivity index (χ1n) is 24.9. The van der Waals surface area contributed by atoms with Gasteiger partial charge in [-0.05, 0) is 43.5 Å². The second-order valence-electron chi connectivity index (χ2n) is 17.4. The van der Waals surface area contributed by atoms with Crippen LogP contribution in [-0.2, 0) is 38.2 Å². The number of carbonyl (C=O) groups is 6. The molecule has 0 aliphatic rings. The van der Waals surface area contributed by atoms with Crippen LogP contribution in [0.2, 0.25) is 0 Å². The number of esters is 2. The molecule has 65 heavy (non-hydrogen) atoms. The third-order valence-corrected chi connectivity index (χ3v) is 11.4. The Morgan fingerprint density at radius 3 is 1.43 bits per heavy atom. The molecule has 0 aliphatic carbocycles. The van der Waals surface area contributed by atoms with Crippen molar-refractivity contribution in [2.24, 2.45) is 0 Å². The number of carbonyl (C=O) groups excluding carboxylic acids is 4. The molecule has 0 aliphatic heterocycles. The zero-order valence-electron chi connectivity index (χ0n) is 40.0. The second kappa shape index (κ2) is 41.7. The Balaban J connectivity index is 0.0000410. The van der Waals surface area contributed by atoms with E-state index in [-0.39, 0.29) is 62.6 Å². The number of amides is 2. The largest absolute Gasteiger partial charge is 1.00 e. The highest BCUT2D eigenvalue weighted by Crippen LogP contribution is 2.16. The number of rotatable bonds is 43. The van der Waals surface area contributed by atoms with Crippen LogP contribution >= 0.6 is 0 Å². The van der Waals surface area contributed by atoms with Gasteiger partial charge in [0.15, 0.2) is 12.1 Å². The summed E-state index contributed by atoms with van der Waals surface area (Å²) in [6.07, 6.45) is 30.4. The summed E-state index contributed by atoms with van der Waals surface area (Å²) in [4.78, 5) is 73.3. The van der Waals surface area contributed by atoms with E-state index >= 15 is 0 Å². The van der Waals surface area contributed by atoms with Crippen molar-refractivity contribution < 1.29 is 71.3 Å². The molecular formula is C50H86ClN3O11. The van der Waals surface area contributed by atoms with Gasteiger partial charge in [-0.25, -0.2) is 4.79 Å². The summed E-state index contributed by atoms with van der Waals surface area (Å²) >= 11 is 0. The lowest BCUT2D eigenvalue weighted by atomic mass is 10.0. The molecule has 2 amide bonds. The standard InChI is InChI=1S/C50H85N3O11.ClH/c1-3-5-7-9-11-13-15-17-19-21-23-25-27-29-46(56)63-38-42(64-47(57)30-28-26-24-22-20-18-16-14-12-10-8-6-4-2)37-62-39-43(51)49(59)52-41-33-31-40(32-34-41)48(58)53-44(50(60)61)35-36-45(54)55;/h31-34,42-44H,3-30,35-39,51H2,1-2H3,(H,52,59)(H,53,58)(H,54,55)(H,60,61);1H/t42?,43-,44-;/m0./s1. The summed E-state index contributed by atoms with van der Waals surface area (Å²) in [6.45, 7) is 4.12. The molecule has 1 unspecified atom stereocenters. The van der Waals surface area contributed by atoms with E-state index < -0.39 is 48.4 Å². The van der Waals surface area contributed by atoms with Crippen molar-refractivity contribution >= 4 is 41.4 Å². The van der Waals surface area contributed by atoms with E-state index in [1.54, 1.807) is 0 Å². The number of quaternary nitrogens is 1. The van der Waals surface area contributed by atoms with Gasteiger partial charge in [0.25, 0.3) is 11.8 Å². The molecule has 15 heteroatoms. The lowest BCUT2D eigenvalue weighted by molar-refractivity contribution is -0.409. The number of anilines is 1. The Hall–Kier alpha value is -3.75. The SMILES string of the molecule is CCCCCCCCCCCCCCCC(=O)OCC(COC[C@H]([NH3+])C(=O)Nc1ccc(C(=O)N[C@@H](CCC(=O)O)C(=O)O)cc1)OC(=O)CCCCCCCCCCCCCCC.[Cl-]. The maximum absolute atomic E-state index is 12.9. The van der Waals surface area contributed by atoms with Crippen LogP contribution in [0, 0.1) is 0 Å².